The van der Waals surface area contributed by atoms with Crippen LogP contribution in [0.15, 0.2) is 30.6 Å². The van der Waals surface area contributed by atoms with Crippen LogP contribution in [-0.4, -0.2) is 47.3 Å². The molecular weight excluding hydrogens is 370 g/mol. The van der Waals surface area contributed by atoms with E-state index in [2.05, 4.69) is 25.6 Å². The molecule has 1 aromatic carbocycles. The molecule has 1 aliphatic rings. The fraction of sp³-hybridized carbons (Fsp3) is 0.278. The molecule has 0 radical (unpaired) electrons. The van der Waals surface area contributed by atoms with Crippen molar-refractivity contribution in [2.45, 2.75) is 12.6 Å². The fourth-order valence-corrected chi connectivity index (χ4v) is 3.07. The maximum Gasteiger partial charge on any atom is 0.315 e. The van der Waals surface area contributed by atoms with Crippen LogP contribution in [0.25, 0.3) is 22.2 Å². The molecule has 1 fully saturated rings. The first-order valence-electron chi connectivity index (χ1n) is 8.42. The minimum absolute atomic E-state index is 0.0969. The quantitative estimate of drug-likeness (QED) is 0.624. The summed E-state index contributed by atoms with van der Waals surface area (Å²) in [6.45, 7) is 1.51. The summed E-state index contributed by atoms with van der Waals surface area (Å²) < 4.78 is 10.1. The van der Waals surface area contributed by atoms with Crippen LogP contribution in [0.3, 0.4) is 0 Å². The van der Waals surface area contributed by atoms with E-state index in [1.165, 1.54) is 7.11 Å². The zero-order chi connectivity index (χ0) is 18.8. The van der Waals surface area contributed by atoms with Crippen LogP contribution >= 0.6 is 11.6 Å². The number of rotatable bonds is 5. The van der Waals surface area contributed by atoms with Gasteiger partial charge in [0.05, 0.1) is 56.0 Å². The lowest BCUT2D eigenvalue weighted by Gasteiger charge is -2.26. The van der Waals surface area contributed by atoms with E-state index in [1.54, 1.807) is 12.4 Å². The Kier molecular flexibility index (Phi) is 4.83. The summed E-state index contributed by atoms with van der Waals surface area (Å²) in [5.74, 6) is 0.441. The molecule has 0 saturated carbocycles. The third kappa shape index (κ3) is 3.81. The molecule has 9 heteroatoms. The molecule has 0 aliphatic carbocycles. The van der Waals surface area contributed by atoms with Crippen LogP contribution in [-0.2, 0) is 11.3 Å². The van der Waals surface area contributed by atoms with Gasteiger partial charge in [-0.1, -0.05) is 11.6 Å². The predicted molar refractivity (Wildman–Crippen MR) is 101 cm³/mol. The molecule has 0 unspecified atom stereocenters. The van der Waals surface area contributed by atoms with Gasteiger partial charge in [0.1, 0.15) is 0 Å². The number of benzene rings is 1. The molecule has 1 saturated heterocycles. The first-order chi connectivity index (χ1) is 13.1. The molecule has 3 N–H and O–H groups in total. The second kappa shape index (κ2) is 7.42. The summed E-state index contributed by atoms with van der Waals surface area (Å²) in [6, 6.07) is 5.62. The Bertz CT molecular complexity index is 969. The number of halogens is 1. The van der Waals surface area contributed by atoms with Crippen molar-refractivity contribution in [3.8, 4) is 17.1 Å². The van der Waals surface area contributed by atoms with Gasteiger partial charge in [0.2, 0.25) is 5.88 Å². The molecule has 4 rings (SSSR count). The second-order valence-corrected chi connectivity index (χ2v) is 6.63. The van der Waals surface area contributed by atoms with Gasteiger partial charge in [-0.3, -0.25) is 0 Å². The Morgan fingerprint density at radius 3 is 2.85 bits per heavy atom. The Morgan fingerprint density at radius 1 is 1.33 bits per heavy atom. The zero-order valence-electron chi connectivity index (χ0n) is 14.6. The Morgan fingerprint density at radius 2 is 2.19 bits per heavy atom. The van der Waals surface area contributed by atoms with E-state index >= 15 is 0 Å². The predicted octanol–water partition coefficient (Wildman–Crippen LogP) is 2.48. The Labute approximate surface area is 160 Å². The normalized spacial score (nSPS) is 14.0. The van der Waals surface area contributed by atoms with Crippen molar-refractivity contribution in [1.82, 2.24) is 25.6 Å². The van der Waals surface area contributed by atoms with E-state index in [4.69, 9.17) is 21.1 Å². The number of aromatic amines is 1. The molecule has 8 nitrogen and oxygen atoms in total. The van der Waals surface area contributed by atoms with Gasteiger partial charge in [-0.25, -0.2) is 14.8 Å². The van der Waals surface area contributed by atoms with Gasteiger partial charge in [0, 0.05) is 22.2 Å². The number of carbonyl (C=O) groups is 1. The molecule has 3 heterocycles. The highest BCUT2D eigenvalue weighted by molar-refractivity contribution is 6.34. The van der Waals surface area contributed by atoms with Crippen molar-refractivity contribution in [3.05, 3.63) is 41.3 Å². The number of hydrogen-bond acceptors (Lipinski definition) is 5. The van der Waals surface area contributed by atoms with Crippen molar-refractivity contribution >= 4 is 28.5 Å². The van der Waals surface area contributed by atoms with Gasteiger partial charge in [-0.15, -0.1) is 0 Å². The van der Waals surface area contributed by atoms with Gasteiger partial charge in [0.15, 0.2) is 0 Å². The molecule has 0 bridgehead atoms. The maximum atomic E-state index is 11.8. The number of nitrogens with one attached hydrogen (secondary N) is 3. The lowest BCUT2D eigenvalue weighted by atomic mass is 10.1. The lowest BCUT2D eigenvalue weighted by molar-refractivity contribution is -0.0000166. The monoisotopic (exact) mass is 387 g/mol. The summed E-state index contributed by atoms with van der Waals surface area (Å²) in [4.78, 5) is 23.6. The summed E-state index contributed by atoms with van der Waals surface area (Å²) in [7, 11) is 1.54. The van der Waals surface area contributed by atoms with Crippen molar-refractivity contribution in [2.75, 3.05) is 20.3 Å². The lowest BCUT2D eigenvalue weighted by Crippen LogP contribution is -2.51. The summed E-state index contributed by atoms with van der Waals surface area (Å²) in [6.07, 6.45) is 3.16. The number of carbonyl (C=O) groups excluding carboxylic acids is 1. The first-order valence-corrected chi connectivity index (χ1v) is 8.80. The largest absolute Gasteiger partial charge is 0.480 e. The minimum Gasteiger partial charge on any atom is -0.480 e. The Hall–Kier alpha value is -2.84. The van der Waals surface area contributed by atoms with E-state index in [9.17, 15) is 4.79 Å². The van der Waals surface area contributed by atoms with Gasteiger partial charge in [-0.05, 0) is 18.2 Å². The number of H-pyrrole nitrogens is 1. The van der Waals surface area contributed by atoms with E-state index in [0.717, 1.165) is 22.2 Å². The minimum atomic E-state index is -0.214. The van der Waals surface area contributed by atoms with Gasteiger partial charge in [0.25, 0.3) is 0 Å². The number of urea groups is 1. The van der Waals surface area contributed by atoms with Crippen LogP contribution < -0.4 is 15.4 Å². The number of methoxy groups -OCH3 is 1. The first kappa shape index (κ1) is 17.6. The summed E-state index contributed by atoms with van der Waals surface area (Å²) in [5, 5.41) is 7.19. The van der Waals surface area contributed by atoms with E-state index in [0.29, 0.717) is 36.4 Å². The SMILES string of the molecule is COc1cnc(-c2cc3[nH]c(CNC(=O)NC4COC4)cc3cc2Cl)cn1. The van der Waals surface area contributed by atoms with Gasteiger partial charge in [-0.2, -0.15) is 0 Å². The van der Waals surface area contributed by atoms with Crippen LogP contribution in [0.4, 0.5) is 4.79 Å². The summed E-state index contributed by atoms with van der Waals surface area (Å²) >= 11 is 6.42. The van der Waals surface area contributed by atoms with Crippen molar-refractivity contribution in [3.63, 3.8) is 0 Å². The van der Waals surface area contributed by atoms with Crippen molar-refractivity contribution in [1.29, 1.82) is 0 Å². The third-order valence-corrected chi connectivity index (χ3v) is 4.60. The topological polar surface area (TPSA) is 101 Å². The molecule has 27 heavy (non-hydrogen) atoms. The number of fused-ring (bicyclic) bond motifs is 1. The maximum absolute atomic E-state index is 11.8. The smallest absolute Gasteiger partial charge is 0.315 e. The highest BCUT2D eigenvalue weighted by Crippen LogP contribution is 2.31. The highest BCUT2D eigenvalue weighted by Gasteiger charge is 2.20. The molecule has 0 spiro atoms. The van der Waals surface area contributed by atoms with E-state index < -0.39 is 0 Å². The number of amides is 2. The van der Waals surface area contributed by atoms with Crippen LogP contribution in [0.1, 0.15) is 5.69 Å². The average molecular weight is 388 g/mol. The van der Waals surface area contributed by atoms with Crippen molar-refractivity contribution < 1.29 is 14.3 Å². The third-order valence-electron chi connectivity index (χ3n) is 4.29. The van der Waals surface area contributed by atoms with Crippen LogP contribution in [0.5, 0.6) is 5.88 Å². The molecule has 0 atom stereocenters. The number of hydrogen-bond donors (Lipinski definition) is 3. The number of aromatic nitrogens is 3. The summed E-state index contributed by atoms with van der Waals surface area (Å²) in [5.41, 5.74) is 3.19. The zero-order valence-corrected chi connectivity index (χ0v) is 15.3. The van der Waals surface area contributed by atoms with Crippen LogP contribution in [0.2, 0.25) is 5.02 Å². The van der Waals surface area contributed by atoms with Crippen LogP contribution in [0, 0.1) is 0 Å². The Balaban J connectivity index is 1.50. The fourth-order valence-electron chi connectivity index (χ4n) is 2.80. The highest BCUT2D eigenvalue weighted by atomic mass is 35.5. The molecule has 1 aliphatic heterocycles. The standard InChI is InChI=1S/C18H18ClN5O3/c1-26-17-7-20-16(6-21-17)13-4-15-10(3-14(13)19)2-11(23-15)5-22-18(25)24-12-8-27-9-12/h2-4,6-7,12,23H,5,8-9H2,1H3,(H2,22,24,25). The van der Waals surface area contributed by atoms with E-state index in [1.807, 2.05) is 18.2 Å². The number of ether oxygens (including phenoxy) is 2. The molecule has 3 aromatic rings. The number of nitrogens with zero attached hydrogens (tertiary/aromatic N) is 2. The van der Waals surface area contributed by atoms with E-state index in [-0.39, 0.29) is 12.1 Å². The second-order valence-electron chi connectivity index (χ2n) is 6.22. The average Bonchev–Trinajstić information content (AvgIpc) is 3.04. The molecule has 2 aromatic heterocycles. The molecular formula is C18H18ClN5O3. The van der Waals surface area contributed by atoms with Gasteiger partial charge < -0.3 is 25.1 Å². The molecule has 140 valence electrons. The van der Waals surface area contributed by atoms with Gasteiger partial charge >= 0.3 is 6.03 Å². The molecule has 2 amide bonds. The van der Waals surface area contributed by atoms with Crippen molar-refractivity contribution in [2.24, 2.45) is 0 Å².